The van der Waals surface area contributed by atoms with Crippen LogP contribution in [0, 0.1) is 0 Å². The summed E-state index contributed by atoms with van der Waals surface area (Å²) in [6.07, 6.45) is 3.38. The van der Waals surface area contributed by atoms with Gasteiger partial charge in [0.25, 0.3) is 0 Å². The van der Waals surface area contributed by atoms with E-state index in [4.69, 9.17) is 4.74 Å². The van der Waals surface area contributed by atoms with E-state index in [0.29, 0.717) is 0 Å². The SMILES string of the molecule is COCC(=O)Nc1ccc(-c2cnc[nH]2)cc1. The number of carbonyl (C=O) groups is 1. The minimum atomic E-state index is -0.165. The van der Waals surface area contributed by atoms with Crippen LogP contribution in [0.3, 0.4) is 0 Å². The Hall–Kier alpha value is -2.14. The summed E-state index contributed by atoms with van der Waals surface area (Å²) in [7, 11) is 1.49. The molecule has 88 valence electrons. The van der Waals surface area contributed by atoms with E-state index in [1.807, 2.05) is 24.3 Å². The van der Waals surface area contributed by atoms with E-state index in [-0.39, 0.29) is 12.5 Å². The number of carbonyl (C=O) groups excluding carboxylic acids is 1. The van der Waals surface area contributed by atoms with Crippen LogP contribution >= 0.6 is 0 Å². The number of aromatic nitrogens is 2. The predicted octanol–water partition coefficient (Wildman–Crippen LogP) is 1.66. The third-order valence-electron chi connectivity index (χ3n) is 2.25. The number of nitrogens with one attached hydrogen (secondary N) is 2. The van der Waals surface area contributed by atoms with Gasteiger partial charge in [0.05, 0.1) is 18.2 Å². The summed E-state index contributed by atoms with van der Waals surface area (Å²) in [4.78, 5) is 18.2. The molecule has 1 heterocycles. The molecule has 2 N–H and O–H groups in total. The monoisotopic (exact) mass is 231 g/mol. The molecular weight excluding hydrogens is 218 g/mol. The lowest BCUT2D eigenvalue weighted by Crippen LogP contribution is -2.16. The predicted molar refractivity (Wildman–Crippen MR) is 64.5 cm³/mol. The van der Waals surface area contributed by atoms with E-state index >= 15 is 0 Å². The molecule has 0 aliphatic heterocycles. The van der Waals surface area contributed by atoms with Gasteiger partial charge in [-0.1, -0.05) is 12.1 Å². The van der Waals surface area contributed by atoms with Crippen LogP contribution in [-0.4, -0.2) is 29.6 Å². The molecule has 0 radical (unpaired) electrons. The van der Waals surface area contributed by atoms with Gasteiger partial charge in [-0.2, -0.15) is 0 Å². The van der Waals surface area contributed by atoms with Gasteiger partial charge in [0.2, 0.25) is 5.91 Å². The number of imidazole rings is 1. The summed E-state index contributed by atoms with van der Waals surface area (Å²) in [6, 6.07) is 7.50. The maximum Gasteiger partial charge on any atom is 0.250 e. The molecule has 1 aromatic carbocycles. The van der Waals surface area contributed by atoms with Crippen LogP contribution in [0.4, 0.5) is 5.69 Å². The fourth-order valence-electron chi connectivity index (χ4n) is 1.48. The number of aromatic amines is 1. The Morgan fingerprint density at radius 1 is 1.41 bits per heavy atom. The molecule has 2 rings (SSSR count). The first-order valence-corrected chi connectivity index (χ1v) is 5.17. The van der Waals surface area contributed by atoms with Gasteiger partial charge in [-0.3, -0.25) is 4.79 Å². The third-order valence-corrected chi connectivity index (χ3v) is 2.25. The van der Waals surface area contributed by atoms with Crippen molar-refractivity contribution in [3.8, 4) is 11.3 Å². The number of methoxy groups -OCH3 is 1. The highest BCUT2D eigenvalue weighted by molar-refractivity contribution is 5.91. The lowest BCUT2D eigenvalue weighted by molar-refractivity contribution is -0.119. The Kier molecular flexibility index (Phi) is 3.52. The topological polar surface area (TPSA) is 67.0 Å². The summed E-state index contributed by atoms with van der Waals surface area (Å²) in [5, 5.41) is 2.73. The standard InChI is InChI=1S/C12H13N3O2/c1-17-7-12(16)15-10-4-2-9(3-5-10)11-6-13-8-14-11/h2-6,8H,7H2,1H3,(H,13,14)(H,15,16). The summed E-state index contributed by atoms with van der Waals surface area (Å²) in [5.74, 6) is -0.165. The van der Waals surface area contributed by atoms with Crippen molar-refractivity contribution in [2.24, 2.45) is 0 Å². The van der Waals surface area contributed by atoms with Crippen molar-refractivity contribution in [1.29, 1.82) is 0 Å². The minimum Gasteiger partial charge on any atom is -0.375 e. The number of amides is 1. The van der Waals surface area contributed by atoms with Gasteiger partial charge in [-0.05, 0) is 17.7 Å². The summed E-state index contributed by atoms with van der Waals surface area (Å²) in [5.41, 5.74) is 2.71. The molecule has 0 atom stereocenters. The second-order valence-electron chi connectivity index (χ2n) is 3.52. The zero-order valence-electron chi connectivity index (χ0n) is 9.43. The van der Waals surface area contributed by atoms with E-state index < -0.39 is 0 Å². The number of rotatable bonds is 4. The summed E-state index contributed by atoms with van der Waals surface area (Å²) < 4.78 is 4.73. The molecule has 5 nitrogen and oxygen atoms in total. The van der Waals surface area contributed by atoms with Gasteiger partial charge in [-0.15, -0.1) is 0 Å². The van der Waals surface area contributed by atoms with Gasteiger partial charge in [0.1, 0.15) is 6.61 Å². The summed E-state index contributed by atoms with van der Waals surface area (Å²) >= 11 is 0. The van der Waals surface area contributed by atoms with Crippen LogP contribution in [-0.2, 0) is 9.53 Å². The fraction of sp³-hybridized carbons (Fsp3) is 0.167. The van der Waals surface area contributed by atoms with Gasteiger partial charge in [0.15, 0.2) is 0 Å². The maximum absolute atomic E-state index is 11.3. The zero-order chi connectivity index (χ0) is 12.1. The van der Waals surface area contributed by atoms with E-state index in [2.05, 4.69) is 15.3 Å². The van der Waals surface area contributed by atoms with Crippen LogP contribution < -0.4 is 5.32 Å². The van der Waals surface area contributed by atoms with Crippen LogP contribution in [0.25, 0.3) is 11.3 Å². The largest absolute Gasteiger partial charge is 0.375 e. The molecule has 0 saturated heterocycles. The smallest absolute Gasteiger partial charge is 0.250 e. The van der Waals surface area contributed by atoms with Crippen molar-refractivity contribution in [1.82, 2.24) is 9.97 Å². The van der Waals surface area contributed by atoms with Crippen molar-refractivity contribution in [2.75, 3.05) is 19.0 Å². The number of hydrogen-bond acceptors (Lipinski definition) is 3. The molecule has 0 aliphatic rings. The molecule has 2 aromatic rings. The Morgan fingerprint density at radius 3 is 2.76 bits per heavy atom. The first-order valence-electron chi connectivity index (χ1n) is 5.17. The average molecular weight is 231 g/mol. The van der Waals surface area contributed by atoms with Crippen LogP contribution in [0.2, 0.25) is 0 Å². The van der Waals surface area contributed by atoms with Crippen LogP contribution in [0.15, 0.2) is 36.8 Å². The normalized spacial score (nSPS) is 10.2. The van der Waals surface area contributed by atoms with E-state index in [1.54, 1.807) is 12.5 Å². The molecule has 0 fully saturated rings. The first kappa shape index (κ1) is 11.3. The quantitative estimate of drug-likeness (QED) is 0.841. The minimum absolute atomic E-state index is 0.0578. The molecule has 0 spiro atoms. The molecule has 1 amide bonds. The molecule has 0 aliphatic carbocycles. The van der Waals surface area contributed by atoms with Crippen molar-refractivity contribution in [3.63, 3.8) is 0 Å². The number of H-pyrrole nitrogens is 1. The molecule has 17 heavy (non-hydrogen) atoms. The molecule has 5 heteroatoms. The van der Waals surface area contributed by atoms with Gasteiger partial charge in [-0.25, -0.2) is 4.98 Å². The molecule has 0 saturated carbocycles. The van der Waals surface area contributed by atoms with E-state index in [9.17, 15) is 4.79 Å². The summed E-state index contributed by atoms with van der Waals surface area (Å²) in [6.45, 7) is 0.0578. The molecule has 0 unspecified atom stereocenters. The molecule has 1 aromatic heterocycles. The number of nitrogens with zero attached hydrogens (tertiary/aromatic N) is 1. The Labute approximate surface area is 98.8 Å². The number of benzene rings is 1. The third kappa shape index (κ3) is 2.92. The highest BCUT2D eigenvalue weighted by Gasteiger charge is 2.02. The highest BCUT2D eigenvalue weighted by Crippen LogP contribution is 2.18. The molecular formula is C12H13N3O2. The highest BCUT2D eigenvalue weighted by atomic mass is 16.5. The van der Waals surface area contributed by atoms with Crippen LogP contribution in [0.1, 0.15) is 0 Å². The second-order valence-corrected chi connectivity index (χ2v) is 3.52. The maximum atomic E-state index is 11.3. The van der Waals surface area contributed by atoms with Gasteiger partial charge in [0, 0.05) is 12.8 Å². The molecule has 0 bridgehead atoms. The second kappa shape index (κ2) is 5.27. The lowest BCUT2D eigenvalue weighted by Gasteiger charge is -2.05. The van der Waals surface area contributed by atoms with Crippen molar-refractivity contribution in [3.05, 3.63) is 36.8 Å². The Balaban J connectivity index is 2.06. The first-order chi connectivity index (χ1) is 8.29. The van der Waals surface area contributed by atoms with E-state index in [0.717, 1.165) is 16.9 Å². The van der Waals surface area contributed by atoms with Gasteiger partial charge < -0.3 is 15.0 Å². The average Bonchev–Trinajstić information content (AvgIpc) is 2.84. The Bertz CT molecular complexity index is 477. The number of hydrogen-bond donors (Lipinski definition) is 2. The van der Waals surface area contributed by atoms with Gasteiger partial charge >= 0.3 is 0 Å². The zero-order valence-corrected chi connectivity index (χ0v) is 9.43. The van der Waals surface area contributed by atoms with Crippen molar-refractivity contribution in [2.45, 2.75) is 0 Å². The Morgan fingerprint density at radius 2 is 2.18 bits per heavy atom. The van der Waals surface area contributed by atoms with Crippen molar-refractivity contribution >= 4 is 11.6 Å². The van der Waals surface area contributed by atoms with Crippen LogP contribution in [0.5, 0.6) is 0 Å². The number of ether oxygens (including phenoxy) is 1. The fourth-order valence-corrected chi connectivity index (χ4v) is 1.48. The van der Waals surface area contributed by atoms with Crippen molar-refractivity contribution < 1.29 is 9.53 Å². The van der Waals surface area contributed by atoms with E-state index in [1.165, 1.54) is 7.11 Å². The number of anilines is 1. The lowest BCUT2D eigenvalue weighted by atomic mass is 10.1.